The monoisotopic (exact) mass is 522 g/mol. The van der Waals surface area contributed by atoms with E-state index < -0.39 is 24.5 Å². The number of halogens is 1. The maximum atomic E-state index is 10.5. The van der Waals surface area contributed by atoms with Crippen LogP contribution < -0.4 is 5.32 Å². The van der Waals surface area contributed by atoms with Gasteiger partial charge in [-0.15, -0.1) is 11.3 Å². The maximum Gasteiger partial charge on any atom is 0.226 e. The Kier molecular flexibility index (Phi) is 6.89. The van der Waals surface area contributed by atoms with Crippen LogP contribution in [0.2, 0.25) is 5.28 Å². The third-order valence-electron chi connectivity index (χ3n) is 5.45. The van der Waals surface area contributed by atoms with Crippen molar-refractivity contribution in [1.29, 1.82) is 0 Å². The lowest BCUT2D eigenvalue weighted by atomic mass is 10.1. The lowest BCUT2D eigenvalue weighted by molar-refractivity contribution is -0.0580. The normalized spacial score (nSPS) is 23.7. The van der Waals surface area contributed by atoms with E-state index in [0.717, 1.165) is 20.3 Å². The van der Waals surface area contributed by atoms with Gasteiger partial charge in [-0.1, -0.05) is 23.9 Å². The van der Waals surface area contributed by atoms with Crippen molar-refractivity contribution in [3.05, 3.63) is 35.9 Å². The van der Waals surface area contributed by atoms with Crippen LogP contribution in [0, 0.1) is 0 Å². The fraction of sp³-hybridized carbons (Fsp3) is 0.429. The van der Waals surface area contributed by atoms with Crippen LogP contribution in [0.5, 0.6) is 0 Å². The van der Waals surface area contributed by atoms with Crippen molar-refractivity contribution in [2.75, 3.05) is 24.8 Å². The van der Waals surface area contributed by atoms with Gasteiger partial charge in [0.25, 0.3) is 0 Å². The quantitative estimate of drug-likeness (QED) is 0.235. The van der Waals surface area contributed by atoms with Crippen molar-refractivity contribution in [2.24, 2.45) is 0 Å². The fourth-order valence-corrected chi connectivity index (χ4v) is 6.03. The minimum atomic E-state index is -1.17. The van der Waals surface area contributed by atoms with Crippen LogP contribution in [-0.4, -0.2) is 78.5 Å². The van der Waals surface area contributed by atoms with Crippen LogP contribution in [-0.2, 0) is 9.47 Å². The molecule has 10 nitrogen and oxygen atoms in total. The third-order valence-corrected chi connectivity index (χ3v) is 8.06. The van der Waals surface area contributed by atoms with Gasteiger partial charge in [0, 0.05) is 18.9 Å². The Morgan fingerprint density at radius 1 is 1.26 bits per heavy atom. The minimum absolute atomic E-state index is 0.0255. The molecule has 0 amide bonds. The number of ether oxygens (including phenoxy) is 2. The lowest BCUT2D eigenvalue weighted by Gasteiger charge is -2.17. The number of aromatic nitrogens is 5. The molecule has 0 unspecified atom stereocenters. The van der Waals surface area contributed by atoms with Gasteiger partial charge >= 0.3 is 0 Å². The van der Waals surface area contributed by atoms with E-state index in [1.54, 1.807) is 27.7 Å². The van der Waals surface area contributed by atoms with E-state index in [9.17, 15) is 10.2 Å². The second-order valence-corrected chi connectivity index (χ2v) is 10.6. The molecule has 3 aromatic heterocycles. The summed E-state index contributed by atoms with van der Waals surface area (Å²) in [6.07, 6.45) is -2.33. The van der Waals surface area contributed by atoms with Crippen LogP contribution in [0.25, 0.3) is 21.4 Å². The smallest absolute Gasteiger partial charge is 0.226 e. The van der Waals surface area contributed by atoms with Crippen molar-refractivity contribution in [1.82, 2.24) is 24.5 Å². The highest BCUT2D eigenvalue weighted by Gasteiger charge is 2.44. The first-order valence-corrected chi connectivity index (χ1v) is 12.8. The molecule has 0 bridgehead atoms. The Morgan fingerprint density at radius 2 is 2.09 bits per heavy atom. The molecule has 0 spiro atoms. The fourth-order valence-electron chi connectivity index (χ4n) is 3.82. The molecule has 0 radical (unpaired) electrons. The zero-order chi connectivity index (χ0) is 23.8. The number of hydrogen-bond acceptors (Lipinski definition) is 11. The number of aliphatic hydroxyl groups is 2. The molecule has 0 aliphatic carbocycles. The first-order valence-electron chi connectivity index (χ1n) is 10.6. The van der Waals surface area contributed by atoms with E-state index in [4.69, 9.17) is 21.1 Å². The molecular weight excluding hydrogens is 500 g/mol. The van der Waals surface area contributed by atoms with Crippen LogP contribution in [0.15, 0.2) is 34.9 Å². The average molecular weight is 523 g/mol. The molecule has 34 heavy (non-hydrogen) atoms. The summed E-state index contributed by atoms with van der Waals surface area (Å²) in [5.41, 5.74) is 1.88. The lowest BCUT2D eigenvalue weighted by Crippen LogP contribution is -2.33. The number of thiazole rings is 1. The number of benzene rings is 1. The number of nitrogens with zero attached hydrogens (tertiary/aromatic N) is 5. The Bertz CT molecular complexity index is 1270. The SMILES string of the molecule is COC[C@@H]1O[C@H](n2cnc3c(N[C@H](C)CSc4nc5ccccc5s4)nc(Cl)nc32)[C@@H](O)[C@H]1O. The van der Waals surface area contributed by atoms with Gasteiger partial charge in [0.2, 0.25) is 5.28 Å². The first-order chi connectivity index (χ1) is 16.4. The molecular formula is C21H23ClN6O4S2. The predicted octanol–water partition coefficient (Wildman–Crippen LogP) is 2.95. The van der Waals surface area contributed by atoms with Gasteiger partial charge < -0.3 is 25.0 Å². The van der Waals surface area contributed by atoms with E-state index in [0.29, 0.717) is 17.0 Å². The van der Waals surface area contributed by atoms with Gasteiger partial charge in [-0.05, 0) is 30.7 Å². The number of anilines is 1. The minimum Gasteiger partial charge on any atom is -0.387 e. The van der Waals surface area contributed by atoms with Crippen LogP contribution >= 0.6 is 34.7 Å². The number of methoxy groups -OCH3 is 1. The first kappa shape index (κ1) is 23.7. The van der Waals surface area contributed by atoms with Crippen molar-refractivity contribution in [3.8, 4) is 0 Å². The van der Waals surface area contributed by atoms with E-state index in [2.05, 4.69) is 31.3 Å². The summed E-state index contributed by atoms with van der Waals surface area (Å²) < 4.78 is 14.6. The van der Waals surface area contributed by atoms with E-state index in [-0.39, 0.29) is 17.9 Å². The summed E-state index contributed by atoms with van der Waals surface area (Å²) in [5, 5.41) is 24.2. The highest BCUT2D eigenvalue weighted by Crippen LogP contribution is 2.34. The second kappa shape index (κ2) is 9.90. The highest BCUT2D eigenvalue weighted by molar-refractivity contribution is 8.01. The molecule has 13 heteroatoms. The molecule has 3 N–H and O–H groups in total. The molecule has 1 aromatic carbocycles. The summed E-state index contributed by atoms with van der Waals surface area (Å²) in [7, 11) is 1.50. The molecule has 1 fully saturated rings. The predicted molar refractivity (Wildman–Crippen MR) is 132 cm³/mol. The molecule has 0 saturated carbocycles. The summed E-state index contributed by atoms with van der Waals surface area (Å²) in [6, 6.07) is 8.09. The van der Waals surface area contributed by atoms with E-state index >= 15 is 0 Å². The maximum absolute atomic E-state index is 10.5. The van der Waals surface area contributed by atoms with Crippen molar-refractivity contribution in [2.45, 2.75) is 41.8 Å². The number of aliphatic hydroxyl groups excluding tert-OH is 2. The molecule has 180 valence electrons. The van der Waals surface area contributed by atoms with Gasteiger partial charge in [0.05, 0.1) is 23.2 Å². The summed E-state index contributed by atoms with van der Waals surface area (Å²) in [4.78, 5) is 17.7. The number of rotatable bonds is 8. The molecule has 4 aromatic rings. The summed E-state index contributed by atoms with van der Waals surface area (Å²) in [6.45, 7) is 2.18. The van der Waals surface area contributed by atoms with Crippen molar-refractivity contribution < 1.29 is 19.7 Å². The van der Waals surface area contributed by atoms with Crippen LogP contribution in [0.3, 0.4) is 0 Å². The number of fused-ring (bicyclic) bond motifs is 2. The average Bonchev–Trinajstić information content (AvgIpc) is 3.50. The number of nitrogens with one attached hydrogen (secondary N) is 1. The molecule has 4 heterocycles. The Morgan fingerprint density at radius 3 is 2.88 bits per heavy atom. The van der Waals surface area contributed by atoms with Gasteiger partial charge in [-0.3, -0.25) is 4.57 Å². The van der Waals surface area contributed by atoms with Gasteiger partial charge in [0.1, 0.15) is 18.3 Å². The molecule has 1 aliphatic heterocycles. The largest absolute Gasteiger partial charge is 0.387 e. The number of para-hydroxylation sites is 1. The van der Waals surface area contributed by atoms with Crippen LogP contribution in [0.4, 0.5) is 5.82 Å². The summed E-state index contributed by atoms with van der Waals surface area (Å²) in [5.74, 6) is 1.23. The number of hydrogen-bond donors (Lipinski definition) is 3. The van der Waals surface area contributed by atoms with Gasteiger partial charge in [-0.2, -0.15) is 9.97 Å². The van der Waals surface area contributed by atoms with E-state index in [1.807, 2.05) is 25.1 Å². The van der Waals surface area contributed by atoms with E-state index in [1.165, 1.54) is 13.4 Å². The Labute approximate surface area is 208 Å². The molecule has 1 aliphatic rings. The standard InChI is InChI=1S/C21H23ClN6O4S2/c1-10(8-33-21-25-11-5-3-4-6-13(11)34-21)24-17-14-18(27-20(22)26-17)28(9-23-14)19-16(30)15(29)12(32-19)7-31-2/h3-6,9-10,12,15-16,19,29-30H,7-8H2,1-2H3,(H,24,26,27)/t10-,12+,15+,16+,19+/m1/s1. The van der Waals surface area contributed by atoms with Crippen molar-refractivity contribution >= 4 is 61.9 Å². The zero-order valence-electron chi connectivity index (χ0n) is 18.3. The second-order valence-electron chi connectivity index (χ2n) is 7.97. The topological polar surface area (TPSA) is 127 Å². The molecule has 1 saturated heterocycles. The Hall–Kier alpha value is -2.06. The molecule has 5 rings (SSSR count). The Balaban J connectivity index is 1.33. The zero-order valence-corrected chi connectivity index (χ0v) is 20.7. The third kappa shape index (κ3) is 4.59. The molecule has 5 atom stereocenters. The number of thioether (sulfide) groups is 1. The summed E-state index contributed by atoms with van der Waals surface area (Å²) >= 11 is 9.55. The van der Waals surface area contributed by atoms with Crippen LogP contribution in [0.1, 0.15) is 13.2 Å². The van der Waals surface area contributed by atoms with Gasteiger partial charge in [-0.25, -0.2) is 9.97 Å². The number of imidazole rings is 1. The van der Waals surface area contributed by atoms with Gasteiger partial charge in [0.15, 0.2) is 27.5 Å². The van der Waals surface area contributed by atoms with Crippen molar-refractivity contribution in [3.63, 3.8) is 0 Å². The highest BCUT2D eigenvalue weighted by atomic mass is 35.5.